The average Bonchev–Trinajstić information content (AvgIpc) is 3.35. The Balaban J connectivity index is 1.17. The molecule has 5 amide bonds. The third-order valence-electron chi connectivity index (χ3n) is 6.29. The van der Waals surface area contributed by atoms with E-state index in [0.717, 1.165) is 27.7 Å². The number of amides is 5. The first-order valence-corrected chi connectivity index (χ1v) is 11.1. The van der Waals surface area contributed by atoms with Gasteiger partial charge in [0.15, 0.2) is 0 Å². The van der Waals surface area contributed by atoms with E-state index < -0.39 is 11.9 Å². The van der Waals surface area contributed by atoms with Crippen LogP contribution in [-0.4, -0.2) is 44.2 Å². The number of nitrogens with zero attached hydrogens (tertiary/aromatic N) is 3. The van der Waals surface area contributed by atoms with Crippen LogP contribution in [0.2, 0.25) is 0 Å². The van der Waals surface area contributed by atoms with Crippen molar-refractivity contribution in [2.24, 2.45) is 7.05 Å². The van der Waals surface area contributed by atoms with Gasteiger partial charge in [-0.15, -0.1) is 0 Å². The van der Waals surface area contributed by atoms with Gasteiger partial charge in [-0.2, -0.15) is 0 Å². The molecule has 0 spiro atoms. The van der Waals surface area contributed by atoms with Gasteiger partial charge in [-0.25, -0.2) is 9.78 Å². The van der Waals surface area contributed by atoms with Crippen LogP contribution in [0.25, 0.3) is 11.0 Å². The minimum atomic E-state index is -0.643. The molecule has 3 N–H and O–H groups in total. The molecule has 3 aromatic rings. The second-order valence-corrected chi connectivity index (χ2v) is 8.61. The molecule has 0 aliphatic carbocycles. The van der Waals surface area contributed by atoms with E-state index in [0.29, 0.717) is 25.1 Å². The third-order valence-corrected chi connectivity index (χ3v) is 6.29. The molecule has 0 radical (unpaired) electrons. The van der Waals surface area contributed by atoms with Crippen molar-refractivity contribution < 1.29 is 19.2 Å². The molecule has 10 heteroatoms. The maximum atomic E-state index is 12.9. The lowest BCUT2D eigenvalue weighted by Crippen LogP contribution is -2.52. The van der Waals surface area contributed by atoms with E-state index in [9.17, 15) is 19.2 Å². The molecule has 2 aliphatic rings. The molecule has 1 atom stereocenters. The van der Waals surface area contributed by atoms with Gasteiger partial charge in [0.1, 0.15) is 6.04 Å². The summed E-state index contributed by atoms with van der Waals surface area (Å²) < 4.78 is 1.94. The van der Waals surface area contributed by atoms with Gasteiger partial charge in [0.25, 0.3) is 5.91 Å². The quantitative estimate of drug-likeness (QED) is 0.496. The predicted octanol–water partition coefficient (Wildman–Crippen LogP) is 1.33. The maximum absolute atomic E-state index is 12.9. The number of rotatable bonds is 5. The van der Waals surface area contributed by atoms with E-state index in [1.54, 1.807) is 12.4 Å². The van der Waals surface area contributed by atoms with Crippen molar-refractivity contribution in [3.05, 3.63) is 65.0 Å². The van der Waals surface area contributed by atoms with Crippen molar-refractivity contribution >= 4 is 34.8 Å². The lowest BCUT2D eigenvalue weighted by molar-refractivity contribution is -0.136. The van der Waals surface area contributed by atoms with Gasteiger partial charge in [0.2, 0.25) is 11.8 Å². The van der Waals surface area contributed by atoms with Crippen molar-refractivity contribution in [3.63, 3.8) is 0 Å². The van der Waals surface area contributed by atoms with E-state index in [-0.39, 0.29) is 30.8 Å². The molecular weight excluding hydrogens is 436 g/mol. The Morgan fingerprint density at radius 1 is 1.09 bits per heavy atom. The second kappa shape index (κ2) is 8.62. The average molecular weight is 460 g/mol. The van der Waals surface area contributed by atoms with Gasteiger partial charge in [-0.3, -0.25) is 19.7 Å². The van der Waals surface area contributed by atoms with Gasteiger partial charge in [0.05, 0.1) is 17.4 Å². The lowest BCUT2D eigenvalue weighted by atomic mass is 10.0. The summed E-state index contributed by atoms with van der Waals surface area (Å²) >= 11 is 0. The topological polar surface area (TPSA) is 125 Å². The van der Waals surface area contributed by atoms with Crippen LogP contribution in [0.15, 0.2) is 42.7 Å². The first kappa shape index (κ1) is 21.6. The van der Waals surface area contributed by atoms with Crippen molar-refractivity contribution in [2.75, 3.05) is 0 Å². The minimum absolute atomic E-state index is 0.219. The summed E-state index contributed by atoms with van der Waals surface area (Å²) in [5.41, 5.74) is 4.97. The zero-order chi connectivity index (χ0) is 23.8. The van der Waals surface area contributed by atoms with Crippen LogP contribution >= 0.6 is 0 Å². The van der Waals surface area contributed by atoms with Gasteiger partial charge in [0, 0.05) is 38.7 Å². The highest BCUT2D eigenvalue weighted by Crippen LogP contribution is 2.28. The fourth-order valence-electron chi connectivity index (χ4n) is 4.43. The maximum Gasteiger partial charge on any atom is 0.315 e. The molecule has 2 aliphatic heterocycles. The van der Waals surface area contributed by atoms with E-state index in [2.05, 4.69) is 20.9 Å². The van der Waals surface area contributed by atoms with Gasteiger partial charge in [-0.1, -0.05) is 18.2 Å². The number of imide groups is 1. The number of urea groups is 1. The molecule has 2 aromatic carbocycles. The minimum Gasteiger partial charge on any atom is -0.334 e. The highest BCUT2D eigenvalue weighted by molar-refractivity contribution is 6.05. The molecule has 10 nitrogen and oxygen atoms in total. The monoisotopic (exact) mass is 460 g/mol. The summed E-state index contributed by atoms with van der Waals surface area (Å²) in [6.07, 6.45) is 2.29. The van der Waals surface area contributed by atoms with Crippen molar-refractivity contribution in [1.82, 2.24) is 30.4 Å². The van der Waals surface area contributed by atoms with Crippen LogP contribution in [-0.2, 0) is 36.3 Å². The van der Waals surface area contributed by atoms with E-state index in [4.69, 9.17) is 0 Å². The number of fused-ring (bicyclic) bond motifs is 2. The summed E-state index contributed by atoms with van der Waals surface area (Å²) in [5.74, 6) is -0.979. The summed E-state index contributed by atoms with van der Waals surface area (Å²) in [5, 5.41) is 7.94. The molecular formula is C24H24N6O4. The number of carbonyl (C=O) groups excluding carboxylic acids is 4. The zero-order valence-corrected chi connectivity index (χ0v) is 18.6. The number of hydrogen-bond acceptors (Lipinski definition) is 5. The Kier molecular flexibility index (Phi) is 5.48. The number of carbonyl (C=O) groups is 4. The van der Waals surface area contributed by atoms with Crippen LogP contribution in [0.1, 0.15) is 39.9 Å². The molecule has 174 valence electrons. The van der Waals surface area contributed by atoms with Crippen LogP contribution in [0.4, 0.5) is 4.79 Å². The predicted molar refractivity (Wildman–Crippen MR) is 122 cm³/mol. The van der Waals surface area contributed by atoms with Crippen molar-refractivity contribution in [2.45, 2.75) is 38.5 Å². The normalized spacial score (nSPS) is 17.6. The Morgan fingerprint density at radius 2 is 1.82 bits per heavy atom. The smallest absolute Gasteiger partial charge is 0.315 e. The number of piperidine rings is 1. The van der Waals surface area contributed by atoms with Gasteiger partial charge < -0.3 is 20.1 Å². The second-order valence-electron chi connectivity index (χ2n) is 8.61. The summed E-state index contributed by atoms with van der Waals surface area (Å²) in [6, 6.07) is 10.3. The fraction of sp³-hybridized carbons (Fsp3) is 0.292. The first-order valence-electron chi connectivity index (χ1n) is 11.1. The number of imidazole rings is 1. The largest absolute Gasteiger partial charge is 0.334 e. The Morgan fingerprint density at radius 3 is 2.59 bits per heavy atom. The SMILES string of the molecule is Cn1cnc2cc(CNC(=O)NCc3ccc4c(c3)C(=O)N(C3CCC(=O)NC3=O)C4)ccc21. The van der Waals surface area contributed by atoms with Gasteiger partial charge >= 0.3 is 6.03 Å². The standard InChI is InChI=1S/C24H24N6O4/c1-29-13-27-18-9-15(3-5-19(18)29)11-26-24(34)25-10-14-2-4-16-12-30(23(33)17(16)8-14)20-6-7-21(31)28-22(20)32/h2-5,8-9,13,20H,6-7,10-12H2,1H3,(H2,25,26,34)(H,28,31,32). The molecule has 3 heterocycles. The van der Waals surface area contributed by atoms with E-state index in [1.165, 1.54) is 4.90 Å². The number of aromatic nitrogens is 2. The highest BCUT2D eigenvalue weighted by atomic mass is 16.2. The fourth-order valence-corrected chi connectivity index (χ4v) is 4.43. The van der Waals surface area contributed by atoms with Gasteiger partial charge in [-0.05, 0) is 41.3 Å². The highest BCUT2D eigenvalue weighted by Gasteiger charge is 2.39. The Hall–Kier alpha value is -4.21. The third kappa shape index (κ3) is 4.09. The molecule has 1 saturated heterocycles. The van der Waals surface area contributed by atoms with Crippen molar-refractivity contribution in [3.8, 4) is 0 Å². The van der Waals surface area contributed by atoms with Crippen LogP contribution < -0.4 is 16.0 Å². The van der Waals surface area contributed by atoms with Crippen LogP contribution in [0, 0.1) is 0 Å². The zero-order valence-electron chi connectivity index (χ0n) is 18.6. The Bertz CT molecular complexity index is 1330. The summed E-state index contributed by atoms with van der Waals surface area (Å²) in [4.78, 5) is 54.6. The number of aryl methyl sites for hydroxylation is 1. The van der Waals surface area contributed by atoms with E-state index >= 15 is 0 Å². The number of nitrogens with one attached hydrogen (secondary N) is 3. The molecule has 1 unspecified atom stereocenters. The summed E-state index contributed by atoms with van der Waals surface area (Å²) in [6.45, 7) is 0.946. The summed E-state index contributed by atoms with van der Waals surface area (Å²) in [7, 11) is 1.93. The molecule has 5 rings (SSSR count). The number of benzene rings is 2. The molecule has 1 fully saturated rings. The van der Waals surface area contributed by atoms with Crippen LogP contribution in [0.3, 0.4) is 0 Å². The van der Waals surface area contributed by atoms with Crippen molar-refractivity contribution in [1.29, 1.82) is 0 Å². The van der Waals surface area contributed by atoms with Crippen LogP contribution in [0.5, 0.6) is 0 Å². The molecule has 34 heavy (non-hydrogen) atoms. The van der Waals surface area contributed by atoms with E-state index in [1.807, 2.05) is 41.9 Å². The molecule has 0 bridgehead atoms. The molecule has 1 aromatic heterocycles. The lowest BCUT2D eigenvalue weighted by Gasteiger charge is -2.29. The first-order chi connectivity index (χ1) is 16.4. The molecule has 0 saturated carbocycles. The number of hydrogen-bond donors (Lipinski definition) is 3. The Labute approximate surface area is 195 Å².